The third-order valence-corrected chi connectivity index (χ3v) is 8.81. The van der Waals surface area contributed by atoms with Gasteiger partial charge in [-0.1, -0.05) is 18.5 Å². The van der Waals surface area contributed by atoms with Gasteiger partial charge in [0, 0.05) is 49.5 Å². The summed E-state index contributed by atoms with van der Waals surface area (Å²) in [6.07, 6.45) is -0.104. The van der Waals surface area contributed by atoms with E-state index in [4.69, 9.17) is 16.3 Å². The largest absolute Gasteiger partial charge is 0.420 e. The number of pyridine rings is 2. The van der Waals surface area contributed by atoms with Gasteiger partial charge < -0.3 is 14.5 Å². The topological polar surface area (TPSA) is 95.9 Å². The highest BCUT2D eigenvalue weighted by molar-refractivity contribution is 8.10. The van der Waals surface area contributed by atoms with Gasteiger partial charge in [0.15, 0.2) is 5.65 Å². The molecule has 3 aliphatic heterocycles. The van der Waals surface area contributed by atoms with Crippen LogP contribution in [0.25, 0.3) is 11.0 Å². The molecule has 12 heteroatoms. The normalized spacial score (nSPS) is 20.5. The number of hydrogen-bond acceptors (Lipinski definition) is 8. The zero-order valence-corrected chi connectivity index (χ0v) is 21.5. The van der Waals surface area contributed by atoms with E-state index in [9.17, 15) is 14.4 Å². The first-order valence-electron chi connectivity index (χ1n) is 11.5. The van der Waals surface area contributed by atoms with Gasteiger partial charge in [-0.2, -0.15) is 0 Å². The van der Waals surface area contributed by atoms with Gasteiger partial charge in [-0.3, -0.25) is 9.59 Å². The molecule has 0 aromatic carbocycles. The van der Waals surface area contributed by atoms with Crippen molar-refractivity contribution in [2.24, 2.45) is 0 Å². The summed E-state index contributed by atoms with van der Waals surface area (Å²) in [5.41, 5.74) is 0.408. The van der Waals surface area contributed by atoms with Gasteiger partial charge in [0.1, 0.15) is 11.0 Å². The summed E-state index contributed by atoms with van der Waals surface area (Å²) in [6, 6.07) is 7.03. The lowest BCUT2D eigenvalue weighted by Crippen LogP contribution is -2.52. The summed E-state index contributed by atoms with van der Waals surface area (Å²) < 4.78 is 5.95. The number of thioether (sulfide) groups is 2. The highest BCUT2D eigenvalue weighted by Gasteiger charge is 2.45. The van der Waals surface area contributed by atoms with Crippen LogP contribution in [0.1, 0.15) is 19.8 Å². The Morgan fingerprint density at radius 3 is 2.54 bits per heavy atom. The first-order valence-corrected chi connectivity index (χ1v) is 13.8. The molecule has 5 rings (SSSR count). The maximum Gasteiger partial charge on any atom is 0.412 e. The number of halogens is 1. The lowest BCUT2D eigenvalue weighted by molar-refractivity contribution is -0.132. The fourth-order valence-electron chi connectivity index (χ4n) is 4.23. The number of fused-ring (bicyclic) bond motifs is 1. The number of amides is 3. The number of ether oxygens (including phenoxy) is 1. The van der Waals surface area contributed by atoms with E-state index in [-0.39, 0.29) is 11.8 Å². The van der Waals surface area contributed by atoms with E-state index >= 15 is 0 Å². The van der Waals surface area contributed by atoms with E-state index in [1.165, 1.54) is 28.4 Å². The Hall–Kier alpha value is -2.50. The highest BCUT2D eigenvalue weighted by Crippen LogP contribution is 2.45. The van der Waals surface area contributed by atoms with E-state index in [1.807, 2.05) is 19.1 Å². The van der Waals surface area contributed by atoms with Crippen molar-refractivity contribution in [2.75, 3.05) is 42.6 Å². The predicted molar refractivity (Wildman–Crippen MR) is 137 cm³/mol. The summed E-state index contributed by atoms with van der Waals surface area (Å²) in [6.45, 7) is 3.69. The molecule has 0 spiro atoms. The molecular formula is C23H24ClN5O4S2. The Labute approximate surface area is 216 Å². The van der Waals surface area contributed by atoms with Crippen LogP contribution in [0, 0.1) is 0 Å². The number of rotatable bonds is 4. The molecule has 9 nitrogen and oxygen atoms in total. The predicted octanol–water partition coefficient (Wildman–Crippen LogP) is 3.73. The molecule has 1 unspecified atom stereocenters. The summed E-state index contributed by atoms with van der Waals surface area (Å²) in [4.78, 5) is 53.7. The van der Waals surface area contributed by atoms with Crippen LogP contribution < -0.4 is 4.90 Å². The molecular weight excluding hydrogens is 510 g/mol. The summed E-state index contributed by atoms with van der Waals surface area (Å²) >= 11 is 9.05. The molecule has 0 radical (unpaired) electrons. The Balaban J connectivity index is 1.37. The molecule has 1 atom stereocenters. The minimum atomic E-state index is -0.897. The monoisotopic (exact) mass is 533 g/mol. The van der Waals surface area contributed by atoms with E-state index in [0.29, 0.717) is 54.1 Å². The molecule has 1 fully saturated rings. The molecule has 1 saturated heterocycles. The number of hydrogen-bond donors (Lipinski definition) is 0. The van der Waals surface area contributed by atoms with Crippen LogP contribution in [-0.4, -0.2) is 81.6 Å². The number of aromatic nitrogens is 2. The van der Waals surface area contributed by atoms with Crippen molar-refractivity contribution in [3.05, 3.63) is 39.2 Å². The minimum absolute atomic E-state index is 0.106. The minimum Gasteiger partial charge on any atom is -0.420 e. The molecule has 0 bridgehead atoms. The molecule has 2 aromatic heterocycles. The van der Waals surface area contributed by atoms with Crippen molar-refractivity contribution in [3.8, 4) is 0 Å². The molecule has 184 valence electrons. The fraction of sp³-hybridized carbons (Fsp3) is 0.435. The lowest BCUT2D eigenvalue weighted by atomic mass is 10.2. The van der Waals surface area contributed by atoms with Gasteiger partial charge in [0.25, 0.3) is 5.91 Å². The first kappa shape index (κ1) is 24.2. The van der Waals surface area contributed by atoms with Gasteiger partial charge in [0.05, 0.1) is 9.81 Å². The third kappa shape index (κ3) is 4.81. The molecule has 3 amide bonds. The van der Waals surface area contributed by atoms with E-state index in [2.05, 4.69) is 9.97 Å². The average Bonchev–Trinajstić information content (AvgIpc) is 3.15. The smallest absolute Gasteiger partial charge is 0.412 e. The molecule has 35 heavy (non-hydrogen) atoms. The third-order valence-electron chi connectivity index (χ3n) is 6.00. The van der Waals surface area contributed by atoms with E-state index in [0.717, 1.165) is 28.2 Å². The van der Waals surface area contributed by atoms with Crippen molar-refractivity contribution in [1.82, 2.24) is 19.8 Å². The van der Waals surface area contributed by atoms with Gasteiger partial charge in [-0.25, -0.2) is 19.7 Å². The van der Waals surface area contributed by atoms with Crippen molar-refractivity contribution < 1.29 is 19.1 Å². The van der Waals surface area contributed by atoms with E-state index < -0.39 is 12.3 Å². The second kappa shape index (κ2) is 10.2. The van der Waals surface area contributed by atoms with Gasteiger partial charge >= 0.3 is 6.09 Å². The van der Waals surface area contributed by atoms with Gasteiger partial charge in [-0.15, -0.1) is 23.5 Å². The van der Waals surface area contributed by atoms with Gasteiger partial charge in [-0.05, 0) is 30.7 Å². The van der Waals surface area contributed by atoms with Crippen molar-refractivity contribution in [1.29, 1.82) is 0 Å². The second-order valence-corrected chi connectivity index (χ2v) is 10.9. The van der Waals surface area contributed by atoms with Crippen LogP contribution >= 0.6 is 35.1 Å². The van der Waals surface area contributed by atoms with Crippen LogP contribution in [0.4, 0.5) is 10.6 Å². The molecule has 0 aliphatic carbocycles. The maximum absolute atomic E-state index is 13.4. The van der Waals surface area contributed by atoms with Gasteiger partial charge in [0.2, 0.25) is 12.1 Å². The summed E-state index contributed by atoms with van der Waals surface area (Å²) in [5.74, 6) is 1.84. The zero-order valence-electron chi connectivity index (χ0n) is 19.1. The first-order chi connectivity index (χ1) is 17.0. The van der Waals surface area contributed by atoms with Crippen LogP contribution in [0.2, 0.25) is 5.15 Å². The Bertz CT molecular complexity index is 1220. The molecule has 0 saturated carbocycles. The Morgan fingerprint density at radius 1 is 1.06 bits per heavy atom. The standard InChI is InChI=1S/C23H24ClN5O4S2/c1-2-3-17(30)27-8-10-28(11-9-27)23(32)33-22-19-18(34-12-13-35-19)21(31)29(22)16-7-5-14-4-6-15(24)25-20(14)26-16/h4-7,22H,2-3,8-13H2,1H3. The van der Waals surface area contributed by atoms with E-state index in [1.54, 1.807) is 21.9 Å². The number of carbonyl (C=O) groups is 3. The number of carbonyl (C=O) groups excluding carboxylic acids is 3. The lowest BCUT2D eigenvalue weighted by Gasteiger charge is -2.35. The average molecular weight is 534 g/mol. The maximum atomic E-state index is 13.4. The number of piperazine rings is 1. The van der Waals surface area contributed by atoms with Crippen molar-refractivity contribution in [2.45, 2.75) is 26.0 Å². The molecule has 0 N–H and O–H groups in total. The number of nitrogens with zero attached hydrogens (tertiary/aromatic N) is 5. The Morgan fingerprint density at radius 2 is 1.77 bits per heavy atom. The Kier molecular flexibility index (Phi) is 7.08. The van der Waals surface area contributed by atoms with Crippen LogP contribution in [0.5, 0.6) is 0 Å². The van der Waals surface area contributed by atoms with Crippen LogP contribution in [0.15, 0.2) is 34.1 Å². The highest BCUT2D eigenvalue weighted by atomic mass is 35.5. The van der Waals surface area contributed by atoms with Crippen LogP contribution in [-0.2, 0) is 14.3 Å². The summed E-state index contributed by atoms with van der Waals surface area (Å²) in [5, 5.41) is 1.09. The molecule has 5 heterocycles. The van der Waals surface area contributed by atoms with Crippen LogP contribution in [0.3, 0.4) is 0 Å². The molecule has 3 aliphatic rings. The summed E-state index contributed by atoms with van der Waals surface area (Å²) in [7, 11) is 0. The van der Waals surface area contributed by atoms with Crippen molar-refractivity contribution >= 4 is 69.9 Å². The zero-order chi connectivity index (χ0) is 24.5. The second-order valence-electron chi connectivity index (χ2n) is 8.27. The SMILES string of the molecule is CCCC(=O)N1CCN(C(=O)OC2C3=C(SCCS3)C(=O)N2c2ccc3ccc(Cl)nc3n2)CC1. The molecule has 2 aromatic rings. The fourth-order valence-corrected chi connectivity index (χ4v) is 6.79. The quantitative estimate of drug-likeness (QED) is 0.549. The number of anilines is 1. The van der Waals surface area contributed by atoms with Crippen molar-refractivity contribution in [3.63, 3.8) is 0 Å².